The fourth-order valence-electron chi connectivity index (χ4n) is 3.18. The summed E-state index contributed by atoms with van der Waals surface area (Å²) in [5.41, 5.74) is 2.39. The van der Waals surface area contributed by atoms with Gasteiger partial charge in [-0.05, 0) is 21.5 Å². The molecule has 1 aliphatic heterocycles. The van der Waals surface area contributed by atoms with Gasteiger partial charge in [-0.3, -0.25) is 0 Å². The van der Waals surface area contributed by atoms with Gasteiger partial charge in [-0.15, -0.1) is 11.6 Å². The molecular formula is C16H17ClO2SSi. The molecule has 0 spiro atoms. The van der Waals surface area contributed by atoms with Crippen molar-refractivity contribution in [3.05, 3.63) is 59.7 Å². The Morgan fingerprint density at radius 1 is 0.952 bits per heavy atom. The summed E-state index contributed by atoms with van der Waals surface area (Å²) in [6, 6.07) is 15.7. The van der Waals surface area contributed by atoms with Gasteiger partial charge in [0.1, 0.15) is 8.07 Å². The summed E-state index contributed by atoms with van der Waals surface area (Å²) < 4.78 is 24.9. The number of benzene rings is 2. The SMILES string of the molecule is C[Si]1(CCl)c2ccccc2CS(=O)(=O)Cc2ccccc21. The molecule has 0 aromatic heterocycles. The standard InChI is InChI=1S/C16H17ClO2SSi/c1-21(12-17)15-8-4-2-6-13(15)10-20(18,19)11-14-7-3-5-9-16(14)21/h2-9H,10-12H2,1H3. The van der Waals surface area contributed by atoms with Gasteiger partial charge in [-0.1, -0.05) is 55.1 Å². The Hall–Kier alpha value is -1.10. The molecule has 0 N–H and O–H groups in total. The molecular weight excluding hydrogens is 320 g/mol. The van der Waals surface area contributed by atoms with Crippen LogP contribution in [0.3, 0.4) is 0 Å². The van der Waals surface area contributed by atoms with Crippen LogP contribution in [0.15, 0.2) is 48.5 Å². The molecule has 0 unspecified atom stereocenters. The van der Waals surface area contributed by atoms with Crippen LogP contribution in [0.25, 0.3) is 0 Å². The lowest BCUT2D eigenvalue weighted by Gasteiger charge is -2.32. The number of alkyl halides is 1. The second-order valence-electron chi connectivity index (χ2n) is 5.81. The van der Waals surface area contributed by atoms with Crippen LogP contribution in [0.1, 0.15) is 11.1 Å². The number of rotatable bonds is 1. The zero-order valence-corrected chi connectivity index (χ0v) is 14.4. The monoisotopic (exact) mass is 336 g/mol. The molecule has 0 saturated heterocycles. The van der Waals surface area contributed by atoms with Gasteiger partial charge in [0.15, 0.2) is 9.84 Å². The van der Waals surface area contributed by atoms with E-state index in [2.05, 4.69) is 18.7 Å². The largest absolute Gasteiger partial charge is 0.228 e. The third-order valence-electron chi connectivity index (χ3n) is 4.24. The molecule has 21 heavy (non-hydrogen) atoms. The highest BCUT2D eigenvalue weighted by molar-refractivity contribution is 7.89. The molecule has 1 heterocycles. The predicted octanol–water partition coefficient (Wildman–Crippen LogP) is 2.09. The number of halogens is 1. The van der Waals surface area contributed by atoms with Crippen molar-refractivity contribution in [1.29, 1.82) is 0 Å². The van der Waals surface area contributed by atoms with E-state index in [1.807, 2.05) is 36.4 Å². The maximum absolute atomic E-state index is 12.4. The molecule has 3 rings (SSSR count). The van der Waals surface area contributed by atoms with Gasteiger partial charge in [0.25, 0.3) is 0 Å². The molecule has 2 aromatic rings. The molecule has 2 nitrogen and oxygen atoms in total. The van der Waals surface area contributed by atoms with E-state index in [-0.39, 0.29) is 11.5 Å². The van der Waals surface area contributed by atoms with Crippen molar-refractivity contribution in [2.24, 2.45) is 0 Å². The predicted molar refractivity (Wildman–Crippen MR) is 90.8 cm³/mol. The normalized spacial score (nSPS) is 19.0. The van der Waals surface area contributed by atoms with Gasteiger partial charge in [0.05, 0.1) is 11.5 Å². The molecule has 2 aromatic carbocycles. The number of hydrogen-bond acceptors (Lipinski definition) is 2. The third kappa shape index (κ3) is 2.56. The van der Waals surface area contributed by atoms with Crippen LogP contribution in [0.5, 0.6) is 0 Å². The first-order chi connectivity index (χ1) is 9.96. The van der Waals surface area contributed by atoms with Gasteiger partial charge >= 0.3 is 0 Å². The van der Waals surface area contributed by atoms with Crippen LogP contribution in [0.4, 0.5) is 0 Å². The summed E-state index contributed by atoms with van der Waals surface area (Å²) in [7, 11) is -5.24. The second kappa shape index (κ2) is 5.27. The van der Waals surface area contributed by atoms with Crippen molar-refractivity contribution >= 4 is 39.9 Å². The summed E-state index contributed by atoms with van der Waals surface area (Å²) in [6.45, 7) is 2.23. The van der Waals surface area contributed by atoms with Crippen LogP contribution in [0, 0.1) is 0 Å². The molecule has 0 radical (unpaired) electrons. The van der Waals surface area contributed by atoms with E-state index in [4.69, 9.17) is 11.6 Å². The van der Waals surface area contributed by atoms with Crippen LogP contribution < -0.4 is 10.4 Å². The molecule has 0 aliphatic carbocycles. The first-order valence-electron chi connectivity index (χ1n) is 6.89. The molecule has 0 bridgehead atoms. The summed E-state index contributed by atoms with van der Waals surface area (Å²) in [4.78, 5) is 0. The van der Waals surface area contributed by atoms with Crippen molar-refractivity contribution in [2.75, 3.05) is 5.50 Å². The third-order valence-corrected chi connectivity index (χ3v) is 11.2. The lowest BCUT2D eigenvalue weighted by Crippen LogP contribution is -2.61. The van der Waals surface area contributed by atoms with E-state index in [0.717, 1.165) is 21.5 Å². The first-order valence-corrected chi connectivity index (χ1v) is 12.0. The van der Waals surface area contributed by atoms with Crippen LogP contribution >= 0.6 is 11.6 Å². The highest BCUT2D eigenvalue weighted by Crippen LogP contribution is 2.20. The van der Waals surface area contributed by atoms with E-state index < -0.39 is 17.9 Å². The van der Waals surface area contributed by atoms with Crippen molar-refractivity contribution in [3.8, 4) is 0 Å². The molecule has 110 valence electrons. The van der Waals surface area contributed by atoms with Crippen LogP contribution in [-0.4, -0.2) is 22.0 Å². The Balaban J connectivity index is 2.36. The Morgan fingerprint density at radius 3 is 1.81 bits per heavy atom. The molecule has 0 atom stereocenters. The average molecular weight is 337 g/mol. The lowest BCUT2D eigenvalue weighted by molar-refractivity contribution is 0.594. The zero-order chi connectivity index (χ0) is 15.1. The maximum atomic E-state index is 12.4. The maximum Gasteiger partial charge on any atom is 0.158 e. The van der Waals surface area contributed by atoms with Crippen LogP contribution in [0.2, 0.25) is 6.55 Å². The van der Waals surface area contributed by atoms with Crippen molar-refractivity contribution in [2.45, 2.75) is 18.1 Å². The lowest BCUT2D eigenvalue weighted by atomic mass is 10.2. The van der Waals surface area contributed by atoms with Gasteiger partial charge in [0.2, 0.25) is 0 Å². The van der Waals surface area contributed by atoms with Crippen LogP contribution in [-0.2, 0) is 21.3 Å². The van der Waals surface area contributed by atoms with Crippen molar-refractivity contribution in [1.82, 2.24) is 0 Å². The molecule has 1 aliphatic rings. The average Bonchev–Trinajstić information content (AvgIpc) is 2.45. The molecule has 5 heteroatoms. The minimum atomic E-state index is -3.15. The number of sulfone groups is 1. The highest BCUT2D eigenvalue weighted by atomic mass is 35.5. The van der Waals surface area contributed by atoms with Gasteiger partial charge in [-0.25, -0.2) is 8.42 Å². The number of hydrogen-bond donors (Lipinski definition) is 0. The smallest absolute Gasteiger partial charge is 0.158 e. The van der Waals surface area contributed by atoms with E-state index in [1.165, 1.54) is 0 Å². The van der Waals surface area contributed by atoms with E-state index in [0.29, 0.717) is 5.50 Å². The van der Waals surface area contributed by atoms with E-state index in [9.17, 15) is 8.42 Å². The Kier molecular flexibility index (Phi) is 3.72. The quantitative estimate of drug-likeness (QED) is 0.590. The Labute approximate surface area is 131 Å². The molecule has 0 saturated carbocycles. The summed E-state index contributed by atoms with van der Waals surface area (Å²) in [6.07, 6.45) is 0. The minimum Gasteiger partial charge on any atom is -0.228 e. The molecule has 0 fully saturated rings. The Bertz CT molecular complexity index is 731. The second-order valence-corrected chi connectivity index (χ2v) is 12.7. The van der Waals surface area contributed by atoms with E-state index in [1.54, 1.807) is 0 Å². The summed E-state index contributed by atoms with van der Waals surface area (Å²) in [5.74, 6) is 0.216. The van der Waals surface area contributed by atoms with Crippen molar-refractivity contribution in [3.63, 3.8) is 0 Å². The van der Waals surface area contributed by atoms with E-state index >= 15 is 0 Å². The fraction of sp³-hybridized carbons (Fsp3) is 0.250. The van der Waals surface area contributed by atoms with Gasteiger partial charge in [0, 0.05) is 5.50 Å². The van der Waals surface area contributed by atoms with Gasteiger partial charge < -0.3 is 0 Å². The minimum absolute atomic E-state index is 0.108. The summed E-state index contributed by atoms with van der Waals surface area (Å²) >= 11 is 6.39. The zero-order valence-electron chi connectivity index (χ0n) is 11.8. The number of fused-ring (bicyclic) bond motifs is 2. The topological polar surface area (TPSA) is 34.1 Å². The highest BCUT2D eigenvalue weighted by Gasteiger charge is 2.37. The van der Waals surface area contributed by atoms with Crippen molar-refractivity contribution < 1.29 is 8.42 Å². The first kappa shape index (κ1) is 14.8. The molecule has 0 amide bonds. The summed E-state index contributed by atoms with van der Waals surface area (Å²) in [5, 5.41) is 2.30. The fourth-order valence-corrected chi connectivity index (χ4v) is 9.12. The van der Waals surface area contributed by atoms with Gasteiger partial charge in [-0.2, -0.15) is 0 Å². The Morgan fingerprint density at radius 2 is 1.38 bits per heavy atom.